The Labute approximate surface area is 124 Å². The lowest BCUT2D eigenvalue weighted by Gasteiger charge is -2.15. The van der Waals surface area contributed by atoms with Gasteiger partial charge in [0, 0.05) is 18.2 Å². The van der Waals surface area contributed by atoms with Crippen molar-refractivity contribution in [2.24, 2.45) is 11.7 Å². The first-order valence-electron chi connectivity index (χ1n) is 6.66. The summed E-state index contributed by atoms with van der Waals surface area (Å²) in [5.41, 5.74) is 6.87. The monoisotopic (exact) mass is 298 g/mol. The number of carbonyl (C=O) groups excluding carboxylic acids is 1. The quantitative estimate of drug-likeness (QED) is 0.888. The summed E-state index contributed by atoms with van der Waals surface area (Å²) in [4.78, 5) is 12.1. The van der Waals surface area contributed by atoms with Gasteiger partial charge in [-0.1, -0.05) is 18.6 Å². The second kappa shape index (κ2) is 6.33. The fraction of sp³-hybridized carbons (Fsp3) is 0.500. The molecular weight excluding hydrogens is 280 g/mol. The number of hydrogen-bond donors (Lipinski definition) is 2. The van der Waals surface area contributed by atoms with Crippen molar-refractivity contribution in [2.45, 2.75) is 31.8 Å². The number of benzene rings is 1. The van der Waals surface area contributed by atoms with Crippen LogP contribution in [0.15, 0.2) is 18.2 Å². The Bertz CT molecular complexity index is 495. The molecule has 20 heavy (non-hydrogen) atoms. The topological polar surface area (TPSA) is 73.6 Å². The Morgan fingerprint density at radius 3 is 2.95 bits per heavy atom. The highest BCUT2D eigenvalue weighted by molar-refractivity contribution is 5.85. The number of para-hydroxylation sites is 1. The van der Waals surface area contributed by atoms with Crippen molar-refractivity contribution in [1.82, 2.24) is 5.32 Å². The molecule has 0 spiro atoms. The van der Waals surface area contributed by atoms with Crippen molar-refractivity contribution in [3.05, 3.63) is 23.8 Å². The number of amides is 1. The highest BCUT2D eigenvalue weighted by Gasteiger charge is 2.30. The Balaban J connectivity index is 0.00000147. The van der Waals surface area contributed by atoms with E-state index in [1.54, 1.807) is 0 Å². The van der Waals surface area contributed by atoms with Crippen LogP contribution in [0.1, 0.15) is 24.8 Å². The largest absolute Gasteiger partial charge is 0.454 e. The average Bonchev–Trinajstić information content (AvgIpc) is 3.04. The van der Waals surface area contributed by atoms with Gasteiger partial charge in [0.1, 0.15) is 0 Å². The van der Waals surface area contributed by atoms with E-state index in [1.165, 1.54) is 0 Å². The van der Waals surface area contributed by atoms with Crippen LogP contribution in [0.2, 0.25) is 0 Å². The SMILES string of the molecule is Cl.NC1CCCC1C(=O)NCc1cccc2c1OCO2. The predicted molar refractivity (Wildman–Crippen MR) is 77.0 cm³/mol. The van der Waals surface area contributed by atoms with E-state index < -0.39 is 0 Å². The molecule has 1 heterocycles. The van der Waals surface area contributed by atoms with Crippen molar-refractivity contribution in [2.75, 3.05) is 6.79 Å². The third-order valence-electron chi connectivity index (χ3n) is 3.84. The van der Waals surface area contributed by atoms with Crippen LogP contribution in [-0.4, -0.2) is 18.7 Å². The Morgan fingerprint density at radius 1 is 1.35 bits per heavy atom. The third kappa shape index (κ3) is 2.83. The molecule has 3 rings (SSSR count). The molecule has 0 saturated heterocycles. The molecule has 2 aliphatic rings. The van der Waals surface area contributed by atoms with Crippen molar-refractivity contribution >= 4 is 18.3 Å². The molecule has 2 unspecified atom stereocenters. The number of ether oxygens (including phenoxy) is 2. The molecule has 1 saturated carbocycles. The summed E-state index contributed by atoms with van der Waals surface area (Å²) in [6.07, 6.45) is 2.87. The summed E-state index contributed by atoms with van der Waals surface area (Å²) in [5, 5.41) is 2.95. The average molecular weight is 299 g/mol. The summed E-state index contributed by atoms with van der Waals surface area (Å²) in [6.45, 7) is 0.697. The lowest BCUT2D eigenvalue weighted by atomic mass is 10.0. The van der Waals surface area contributed by atoms with Gasteiger partial charge >= 0.3 is 0 Å². The molecule has 3 N–H and O–H groups in total. The molecule has 0 bridgehead atoms. The maximum Gasteiger partial charge on any atom is 0.231 e. The molecule has 1 aromatic rings. The first kappa shape index (κ1) is 14.9. The van der Waals surface area contributed by atoms with Gasteiger partial charge < -0.3 is 20.5 Å². The fourth-order valence-corrected chi connectivity index (χ4v) is 2.76. The molecule has 5 nitrogen and oxygen atoms in total. The predicted octanol–water partition coefficient (Wildman–Crippen LogP) is 1.58. The van der Waals surface area contributed by atoms with Crippen LogP contribution in [0.25, 0.3) is 0 Å². The summed E-state index contributed by atoms with van der Waals surface area (Å²) in [6, 6.07) is 5.69. The lowest BCUT2D eigenvalue weighted by Crippen LogP contribution is -2.38. The van der Waals surface area contributed by atoms with Crippen LogP contribution in [0, 0.1) is 5.92 Å². The highest BCUT2D eigenvalue weighted by atomic mass is 35.5. The van der Waals surface area contributed by atoms with Gasteiger partial charge in [0.25, 0.3) is 0 Å². The lowest BCUT2D eigenvalue weighted by molar-refractivity contribution is -0.125. The zero-order valence-electron chi connectivity index (χ0n) is 11.1. The normalized spacial score (nSPS) is 23.2. The molecule has 0 aromatic heterocycles. The summed E-state index contributed by atoms with van der Waals surface area (Å²) in [7, 11) is 0. The Morgan fingerprint density at radius 2 is 2.20 bits per heavy atom. The Hall–Kier alpha value is -1.46. The van der Waals surface area contributed by atoms with Crippen LogP contribution >= 0.6 is 12.4 Å². The molecule has 1 fully saturated rings. The minimum atomic E-state index is -0.0473. The second-order valence-corrected chi connectivity index (χ2v) is 5.07. The molecule has 1 amide bonds. The molecular formula is C14H19ClN2O3. The van der Waals surface area contributed by atoms with Gasteiger partial charge in [-0.05, 0) is 18.9 Å². The number of fused-ring (bicyclic) bond motifs is 1. The van der Waals surface area contributed by atoms with Gasteiger partial charge in [0.05, 0.1) is 5.92 Å². The molecule has 0 radical (unpaired) electrons. The third-order valence-corrected chi connectivity index (χ3v) is 3.84. The van der Waals surface area contributed by atoms with Gasteiger partial charge in [0.2, 0.25) is 12.7 Å². The first-order chi connectivity index (χ1) is 9.25. The molecule has 1 aliphatic carbocycles. The number of nitrogens with two attached hydrogens (primary N) is 1. The first-order valence-corrected chi connectivity index (χ1v) is 6.66. The van der Waals surface area contributed by atoms with Gasteiger partial charge in [-0.2, -0.15) is 0 Å². The number of halogens is 1. The number of carbonyl (C=O) groups is 1. The van der Waals surface area contributed by atoms with Crippen molar-refractivity contribution in [1.29, 1.82) is 0 Å². The Kier molecular flexibility index (Phi) is 4.73. The maximum absolute atomic E-state index is 12.1. The van der Waals surface area contributed by atoms with Gasteiger partial charge in [-0.15, -0.1) is 12.4 Å². The van der Waals surface area contributed by atoms with Crippen LogP contribution < -0.4 is 20.5 Å². The molecule has 6 heteroatoms. The smallest absolute Gasteiger partial charge is 0.231 e. The molecule has 1 aliphatic heterocycles. The summed E-state index contributed by atoms with van der Waals surface area (Å²) in [5.74, 6) is 1.47. The summed E-state index contributed by atoms with van der Waals surface area (Å²) < 4.78 is 10.7. The van der Waals surface area contributed by atoms with E-state index in [9.17, 15) is 4.79 Å². The van der Waals surface area contributed by atoms with E-state index in [1.807, 2.05) is 18.2 Å². The second-order valence-electron chi connectivity index (χ2n) is 5.07. The van der Waals surface area contributed by atoms with E-state index in [4.69, 9.17) is 15.2 Å². The highest BCUT2D eigenvalue weighted by Crippen LogP contribution is 2.35. The van der Waals surface area contributed by atoms with Crippen LogP contribution in [0.5, 0.6) is 11.5 Å². The summed E-state index contributed by atoms with van der Waals surface area (Å²) >= 11 is 0. The zero-order chi connectivity index (χ0) is 13.2. The van der Waals surface area contributed by atoms with E-state index in [2.05, 4.69) is 5.32 Å². The van der Waals surface area contributed by atoms with E-state index in [-0.39, 0.29) is 37.1 Å². The molecule has 2 atom stereocenters. The molecule has 110 valence electrons. The van der Waals surface area contributed by atoms with Crippen LogP contribution in [0.4, 0.5) is 0 Å². The minimum absolute atomic E-state index is 0. The minimum Gasteiger partial charge on any atom is -0.454 e. The zero-order valence-corrected chi connectivity index (χ0v) is 11.9. The van der Waals surface area contributed by atoms with E-state index in [0.29, 0.717) is 6.54 Å². The van der Waals surface area contributed by atoms with Gasteiger partial charge in [-0.25, -0.2) is 0 Å². The number of nitrogens with one attached hydrogen (secondary N) is 1. The fourth-order valence-electron chi connectivity index (χ4n) is 2.76. The number of rotatable bonds is 3. The van der Waals surface area contributed by atoms with E-state index in [0.717, 1.165) is 36.3 Å². The van der Waals surface area contributed by atoms with Gasteiger partial charge in [-0.3, -0.25) is 4.79 Å². The van der Waals surface area contributed by atoms with Gasteiger partial charge in [0.15, 0.2) is 11.5 Å². The van der Waals surface area contributed by atoms with Crippen LogP contribution in [0.3, 0.4) is 0 Å². The van der Waals surface area contributed by atoms with E-state index >= 15 is 0 Å². The molecule has 1 aromatic carbocycles. The van der Waals surface area contributed by atoms with Crippen molar-refractivity contribution < 1.29 is 14.3 Å². The standard InChI is InChI=1S/C14H18N2O3.ClH/c15-11-5-2-4-10(11)14(17)16-7-9-3-1-6-12-13(9)19-8-18-12;/h1,3,6,10-11H,2,4-5,7-8,15H2,(H,16,17);1H. The maximum atomic E-state index is 12.1. The van der Waals surface area contributed by atoms with Crippen molar-refractivity contribution in [3.8, 4) is 11.5 Å². The number of hydrogen-bond acceptors (Lipinski definition) is 4. The van der Waals surface area contributed by atoms with Crippen molar-refractivity contribution in [3.63, 3.8) is 0 Å². The van der Waals surface area contributed by atoms with Crippen LogP contribution in [-0.2, 0) is 11.3 Å².